The van der Waals surface area contributed by atoms with E-state index >= 15 is 0 Å². The second-order valence-electron chi connectivity index (χ2n) is 5.75. The van der Waals surface area contributed by atoms with Crippen molar-refractivity contribution in [1.82, 2.24) is 10.2 Å². The van der Waals surface area contributed by atoms with Crippen LogP contribution in [0.1, 0.15) is 42.1 Å². The Labute approximate surface area is 137 Å². The van der Waals surface area contributed by atoms with Gasteiger partial charge in [-0.1, -0.05) is 18.5 Å². The summed E-state index contributed by atoms with van der Waals surface area (Å²) in [5.74, 6) is -0.318. The predicted molar refractivity (Wildman–Crippen MR) is 89.4 cm³/mol. The van der Waals surface area contributed by atoms with Crippen LogP contribution < -0.4 is 5.32 Å². The van der Waals surface area contributed by atoms with Gasteiger partial charge >= 0.3 is 5.97 Å². The highest BCUT2D eigenvalue weighted by molar-refractivity contribution is 6.31. The van der Waals surface area contributed by atoms with Gasteiger partial charge in [-0.05, 0) is 62.7 Å². The average molecular weight is 325 g/mol. The van der Waals surface area contributed by atoms with Gasteiger partial charge in [0.1, 0.15) is 0 Å². The topological polar surface area (TPSA) is 41.6 Å². The number of methoxy groups -OCH3 is 1. The molecule has 0 atom stereocenters. The van der Waals surface area contributed by atoms with E-state index in [0.717, 1.165) is 51.0 Å². The predicted octanol–water partition coefficient (Wildman–Crippen LogP) is 3.09. The Kier molecular flexibility index (Phi) is 6.68. The Bertz CT molecular complexity index is 501. The number of hydrogen-bond acceptors (Lipinski definition) is 4. The molecule has 1 fully saturated rings. The first-order valence-electron chi connectivity index (χ1n) is 7.97. The van der Waals surface area contributed by atoms with Crippen LogP contribution in [0.25, 0.3) is 0 Å². The molecule has 0 saturated carbocycles. The highest BCUT2D eigenvalue weighted by Crippen LogP contribution is 2.23. The number of rotatable bonds is 6. The van der Waals surface area contributed by atoms with Gasteiger partial charge < -0.3 is 10.1 Å². The molecule has 22 heavy (non-hydrogen) atoms. The first kappa shape index (κ1) is 17.3. The zero-order valence-corrected chi connectivity index (χ0v) is 14.2. The van der Waals surface area contributed by atoms with Gasteiger partial charge in [0.2, 0.25) is 0 Å². The Hall–Kier alpha value is -1.10. The largest absolute Gasteiger partial charge is 0.465 e. The monoisotopic (exact) mass is 324 g/mol. The number of nitrogens with zero attached hydrogens (tertiary/aromatic N) is 1. The van der Waals surface area contributed by atoms with Gasteiger partial charge in [-0.3, -0.25) is 4.90 Å². The number of carbonyl (C=O) groups is 1. The summed E-state index contributed by atoms with van der Waals surface area (Å²) in [5.41, 5.74) is 1.56. The molecule has 1 aromatic rings. The molecule has 0 radical (unpaired) electrons. The van der Waals surface area contributed by atoms with Crippen molar-refractivity contribution in [1.29, 1.82) is 0 Å². The van der Waals surface area contributed by atoms with Crippen LogP contribution in [0.3, 0.4) is 0 Å². The summed E-state index contributed by atoms with van der Waals surface area (Å²) >= 11 is 6.34. The zero-order chi connectivity index (χ0) is 15.9. The molecule has 0 aliphatic carbocycles. The van der Waals surface area contributed by atoms with Crippen molar-refractivity contribution in [2.45, 2.75) is 38.8 Å². The van der Waals surface area contributed by atoms with Crippen molar-refractivity contribution in [2.75, 3.05) is 26.7 Å². The minimum Gasteiger partial charge on any atom is -0.465 e. The number of benzene rings is 1. The van der Waals surface area contributed by atoms with E-state index < -0.39 is 0 Å². The first-order valence-corrected chi connectivity index (χ1v) is 8.35. The highest BCUT2D eigenvalue weighted by atomic mass is 35.5. The van der Waals surface area contributed by atoms with Gasteiger partial charge in [0.25, 0.3) is 0 Å². The number of ether oxygens (including phenoxy) is 1. The van der Waals surface area contributed by atoms with Crippen molar-refractivity contribution in [3.63, 3.8) is 0 Å². The van der Waals surface area contributed by atoms with Crippen molar-refractivity contribution < 1.29 is 9.53 Å². The van der Waals surface area contributed by atoms with Crippen LogP contribution in [-0.2, 0) is 11.3 Å². The van der Waals surface area contributed by atoms with Crippen LogP contribution in [0.4, 0.5) is 0 Å². The van der Waals surface area contributed by atoms with E-state index in [1.165, 1.54) is 7.11 Å². The number of esters is 1. The van der Waals surface area contributed by atoms with Crippen LogP contribution in [0.5, 0.6) is 0 Å². The van der Waals surface area contributed by atoms with Gasteiger partial charge in [-0.25, -0.2) is 4.79 Å². The van der Waals surface area contributed by atoms with Crippen LogP contribution in [0.15, 0.2) is 18.2 Å². The smallest absolute Gasteiger partial charge is 0.337 e. The summed E-state index contributed by atoms with van der Waals surface area (Å²) in [5, 5.41) is 4.12. The minimum absolute atomic E-state index is 0.318. The molecule has 5 heteroatoms. The van der Waals surface area contributed by atoms with Crippen molar-refractivity contribution >= 4 is 17.6 Å². The molecule has 2 rings (SSSR count). The van der Waals surface area contributed by atoms with Gasteiger partial charge in [-0.2, -0.15) is 0 Å². The highest BCUT2D eigenvalue weighted by Gasteiger charge is 2.21. The lowest BCUT2D eigenvalue weighted by atomic mass is 10.0. The molecule has 0 spiro atoms. The lowest BCUT2D eigenvalue weighted by molar-refractivity contribution is 0.0600. The van der Waals surface area contributed by atoms with Crippen LogP contribution in [0, 0.1) is 0 Å². The standard InChI is InChI=1S/C17H25ClN2O2/c1-3-10-20(15-6-8-19-9-7-15)12-14-11-13(17(21)22-2)4-5-16(14)18/h4-5,11,15,19H,3,6-10,12H2,1-2H3. The van der Waals surface area contributed by atoms with Crippen LogP contribution in [-0.4, -0.2) is 43.7 Å². The van der Waals surface area contributed by atoms with Gasteiger partial charge in [-0.15, -0.1) is 0 Å². The third kappa shape index (κ3) is 4.45. The molecule has 1 heterocycles. The fourth-order valence-corrected chi connectivity index (χ4v) is 3.19. The number of halogens is 1. The lowest BCUT2D eigenvalue weighted by Gasteiger charge is -2.34. The van der Waals surface area contributed by atoms with Crippen molar-refractivity contribution in [2.24, 2.45) is 0 Å². The van der Waals surface area contributed by atoms with E-state index in [1.54, 1.807) is 12.1 Å². The fourth-order valence-electron chi connectivity index (χ4n) is 3.01. The summed E-state index contributed by atoms with van der Waals surface area (Å²) in [6, 6.07) is 5.94. The normalized spacial score (nSPS) is 16.0. The number of hydrogen-bond donors (Lipinski definition) is 1. The van der Waals surface area contributed by atoms with Gasteiger partial charge in [0.15, 0.2) is 0 Å². The molecule has 1 saturated heterocycles. The molecule has 0 unspecified atom stereocenters. The molecule has 0 aromatic heterocycles. The Morgan fingerprint density at radius 1 is 1.41 bits per heavy atom. The molecule has 1 aliphatic rings. The summed E-state index contributed by atoms with van der Waals surface area (Å²) in [7, 11) is 1.40. The van der Waals surface area contributed by atoms with E-state index in [-0.39, 0.29) is 5.97 Å². The molecular weight excluding hydrogens is 300 g/mol. The minimum atomic E-state index is -0.318. The van der Waals surface area contributed by atoms with Gasteiger partial charge in [0, 0.05) is 17.6 Å². The maximum Gasteiger partial charge on any atom is 0.337 e. The molecule has 1 N–H and O–H groups in total. The lowest BCUT2D eigenvalue weighted by Crippen LogP contribution is -2.43. The molecule has 0 amide bonds. The summed E-state index contributed by atoms with van der Waals surface area (Å²) in [6.07, 6.45) is 3.43. The summed E-state index contributed by atoms with van der Waals surface area (Å²) in [6.45, 7) is 6.16. The first-order chi connectivity index (χ1) is 10.7. The average Bonchev–Trinajstić information content (AvgIpc) is 2.56. The Morgan fingerprint density at radius 2 is 2.14 bits per heavy atom. The fraction of sp³-hybridized carbons (Fsp3) is 0.588. The molecule has 1 aromatic carbocycles. The third-order valence-electron chi connectivity index (χ3n) is 4.18. The Balaban J connectivity index is 2.15. The van der Waals surface area contributed by atoms with Gasteiger partial charge in [0.05, 0.1) is 12.7 Å². The van der Waals surface area contributed by atoms with E-state index in [4.69, 9.17) is 16.3 Å². The van der Waals surface area contributed by atoms with E-state index in [1.807, 2.05) is 6.07 Å². The number of nitrogens with one attached hydrogen (secondary N) is 1. The van der Waals surface area contributed by atoms with Crippen LogP contribution >= 0.6 is 11.6 Å². The number of carbonyl (C=O) groups excluding carboxylic acids is 1. The Morgan fingerprint density at radius 3 is 2.77 bits per heavy atom. The maximum absolute atomic E-state index is 11.7. The molecular formula is C17H25ClN2O2. The maximum atomic E-state index is 11.7. The summed E-state index contributed by atoms with van der Waals surface area (Å²) in [4.78, 5) is 14.2. The SMILES string of the molecule is CCCN(Cc1cc(C(=O)OC)ccc1Cl)C1CCNCC1. The van der Waals surface area contributed by atoms with E-state index in [9.17, 15) is 4.79 Å². The van der Waals surface area contributed by atoms with E-state index in [0.29, 0.717) is 16.6 Å². The quantitative estimate of drug-likeness (QED) is 0.816. The van der Waals surface area contributed by atoms with E-state index in [2.05, 4.69) is 17.1 Å². The second kappa shape index (κ2) is 8.51. The number of piperidine rings is 1. The third-order valence-corrected chi connectivity index (χ3v) is 4.54. The molecule has 122 valence electrons. The summed E-state index contributed by atoms with van der Waals surface area (Å²) < 4.78 is 4.80. The van der Waals surface area contributed by atoms with Crippen molar-refractivity contribution in [3.05, 3.63) is 34.3 Å². The van der Waals surface area contributed by atoms with Crippen molar-refractivity contribution in [3.8, 4) is 0 Å². The zero-order valence-electron chi connectivity index (χ0n) is 13.4. The van der Waals surface area contributed by atoms with Crippen LogP contribution in [0.2, 0.25) is 5.02 Å². The molecule has 0 bridgehead atoms. The molecule has 4 nitrogen and oxygen atoms in total. The second-order valence-corrected chi connectivity index (χ2v) is 6.16. The molecule has 1 aliphatic heterocycles.